The number of carbonyl (C=O) groups excluding carboxylic acids is 1. The van der Waals surface area contributed by atoms with Gasteiger partial charge in [-0.1, -0.05) is 24.3 Å². The van der Waals surface area contributed by atoms with Gasteiger partial charge in [-0.3, -0.25) is 0 Å². The lowest BCUT2D eigenvalue weighted by Gasteiger charge is -2.27. The number of piperidine rings is 1. The van der Waals surface area contributed by atoms with E-state index in [1.54, 1.807) is 0 Å². The van der Waals surface area contributed by atoms with Crippen molar-refractivity contribution in [1.82, 2.24) is 10.2 Å². The van der Waals surface area contributed by atoms with Crippen molar-refractivity contribution in [2.45, 2.75) is 33.1 Å². The molecular formula is C24H27N5O. The lowest BCUT2D eigenvalue weighted by Crippen LogP contribution is -2.30. The Labute approximate surface area is 177 Å². The number of amides is 2. The lowest BCUT2D eigenvalue weighted by atomic mass is 10.1. The normalized spacial score (nSPS) is 13.7. The van der Waals surface area contributed by atoms with Crippen molar-refractivity contribution in [3.63, 3.8) is 0 Å². The van der Waals surface area contributed by atoms with Crippen LogP contribution in [0.25, 0.3) is 11.3 Å². The minimum Gasteiger partial charge on any atom is -0.355 e. The van der Waals surface area contributed by atoms with E-state index >= 15 is 0 Å². The van der Waals surface area contributed by atoms with Crippen LogP contribution in [0.4, 0.5) is 22.0 Å². The molecule has 0 atom stereocenters. The number of rotatable bonds is 4. The van der Waals surface area contributed by atoms with E-state index in [9.17, 15) is 4.79 Å². The summed E-state index contributed by atoms with van der Waals surface area (Å²) in [6.07, 6.45) is 3.73. The van der Waals surface area contributed by atoms with E-state index in [0.717, 1.165) is 52.7 Å². The third-order valence-corrected chi connectivity index (χ3v) is 5.62. The Morgan fingerprint density at radius 2 is 1.63 bits per heavy atom. The number of carbonyl (C=O) groups is 1. The number of aryl methyl sites for hydroxylation is 1. The molecule has 1 aliphatic rings. The topological polar surface area (TPSA) is 70.2 Å². The Morgan fingerprint density at radius 1 is 0.867 bits per heavy atom. The Hall–Kier alpha value is -3.41. The largest absolute Gasteiger partial charge is 0.355 e. The molecule has 0 spiro atoms. The van der Waals surface area contributed by atoms with Crippen molar-refractivity contribution >= 4 is 23.2 Å². The zero-order chi connectivity index (χ0) is 20.9. The van der Waals surface area contributed by atoms with Crippen LogP contribution in [0.2, 0.25) is 0 Å². The molecule has 0 radical (unpaired) electrons. The number of hydrogen-bond acceptors (Lipinski definition) is 4. The first-order valence-electron chi connectivity index (χ1n) is 10.4. The van der Waals surface area contributed by atoms with Gasteiger partial charge in [0.1, 0.15) is 0 Å². The van der Waals surface area contributed by atoms with E-state index in [-0.39, 0.29) is 6.03 Å². The first-order chi connectivity index (χ1) is 14.6. The van der Waals surface area contributed by atoms with Crippen molar-refractivity contribution in [3.8, 4) is 11.3 Å². The van der Waals surface area contributed by atoms with E-state index in [1.165, 1.54) is 19.3 Å². The molecule has 0 unspecified atom stereocenters. The molecule has 1 aliphatic heterocycles. The SMILES string of the molecule is Cc1cccc(NC(=O)Nc2ccc(-c3ccc(N4CCCCC4)nn3)cc2)c1C. The van der Waals surface area contributed by atoms with Crippen molar-refractivity contribution < 1.29 is 4.79 Å². The molecule has 154 valence electrons. The molecule has 2 N–H and O–H groups in total. The van der Waals surface area contributed by atoms with Crippen LogP contribution in [0.3, 0.4) is 0 Å². The van der Waals surface area contributed by atoms with Crippen LogP contribution in [-0.4, -0.2) is 29.3 Å². The van der Waals surface area contributed by atoms with Gasteiger partial charge in [0.15, 0.2) is 5.82 Å². The summed E-state index contributed by atoms with van der Waals surface area (Å²) in [6, 6.07) is 17.3. The van der Waals surface area contributed by atoms with Crippen LogP contribution < -0.4 is 15.5 Å². The summed E-state index contributed by atoms with van der Waals surface area (Å²) in [5.74, 6) is 0.944. The summed E-state index contributed by atoms with van der Waals surface area (Å²) in [6.45, 7) is 6.13. The molecule has 0 bridgehead atoms. The predicted octanol–water partition coefficient (Wildman–Crippen LogP) is 5.39. The van der Waals surface area contributed by atoms with Gasteiger partial charge in [0.2, 0.25) is 0 Å². The minimum atomic E-state index is -0.262. The standard InChI is InChI=1S/C24H27N5O/c1-17-7-6-8-21(18(17)2)26-24(30)25-20-11-9-19(10-12-20)22-13-14-23(28-27-22)29-15-4-3-5-16-29/h6-14H,3-5,15-16H2,1-2H3,(H2,25,26,30). The quantitative estimate of drug-likeness (QED) is 0.614. The van der Waals surface area contributed by atoms with E-state index in [4.69, 9.17) is 0 Å². The van der Waals surface area contributed by atoms with Crippen molar-refractivity contribution in [2.24, 2.45) is 0 Å². The second-order valence-electron chi connectivity index (χ2n) is 7.73. The van der Waals surface area contributed by atoms with Gasteiger partial charge >= 0.3 is 6.03 Å². The van der Waals surface area contributed by atoms with Crippen LogP contribution in [0.15, 0.2) is 54.6 Å². The Kier molecular flexibility index (Phi) is 5.93. The molecule has 2 amide bonds. The summed E-state index contributed by atoms with van der Waals surface area (Å²) in [5.41, 5.74) is 5.53. The average molecular weight is 402 g/mol. The molecule has 30 heavy (non-hydrogen) atoms. The maximum Gasteiger partial charge on any atom is 0.323 e. The fourth-order valence-corrected chi connectivity index (χ4v) is 3.67. The number of urea groups is 1. The van der Waals surface area contributed by atoms with Gasteiger partial charge in [0, 0.05) is 30.0 Å². The highest BCUT2D eigenvalue weighted by molar-refractivity contribution is 6.00. The summed E-state index contributed by atoms with van der Waals surface area (Å²) >= 11 is 0. The lowest BCUT2D eigenvalue weighted by molar-refractivity contribution is 0.262. The first kappa shape index (κ1) is 19.9. The fraction of sp³-hybridized carbons (Fsp3) is 0.292. The van der Waals surface area contributed by atoms with Gasteiger partial charge in [0.05, 0.1) is 5.69 Å². The molecule has 2 aromatic carbocycles. The van der Waals surface area contributed by atoms with Gasteiger partial charge in [-0.15, -0.1) is 10.2 Å². The number of hydrogen-bond donors (Lipinski definition) is 2. The highest BCUT2D eigenvalue weighted by Gasteiger charge is 2.13. The number of nitrogens with zero attached hydrogens (tertiary/aromatic N) is 3. The summed E-state index contributed by atoms with van der Waals surface area (Å²) in [5, 5.41) is 14.6. The summed E-state index contributed by atoms with van der Waals surface area (Å²) < 4.78 is 0. The van der Waals surface area contributed by atoms with Crippen LogP contribution in [0, 0.1) is 13.8 Å². The molecule has 2 heterocycles. The molecule has 1 aromatic heterocycles. The van der Waals surface area contributed by atoms with E-state index in [2.05, 4.69) is 25.7 Å². The van der Waals surface area contributed by atoms with Crippen molar-refractivity contribution in [1.29, 1.82) is 0 Å². The fourth-order valence-electron chi connectivity index (χ4n) is 3.67. The molecule has 6 nitrogen and oxygen atoms in total. The van der Waals surface area contributed by atoms with Crippen LogP contribution >= 0.6 is 0 Å². The predicted molar refractivity (Wildman–Crippen MR) is 122 cm³/mol. The minimum absolute atomic E-state index is 0.262. The van der Waals surface area contributed by atoms with E-state index in [1.807, 2.05) is 68.4 Å². The Morgan fingerprint density at radius 3 is 2.33 bits per heavy atom. The molecule has 0 saturated carbocycles. The van der Waals surface area contributed by atoms with Crippen LogP contribution in [-0.2, 0) is 0 Å². The second kappa shape index (κ2) is 8.95. The number of nitrogens with one attached hydrogen (secondary N) is 2. The van der Waals surface area contributed by atoms with Crippen molar-refractivity contribution in [2.75, 3.05) is 28.6 Å². The van der Waals surface area contributed by atoms with Crippen LogP contribution in [0.5, 0.6) is 0 Å². The highest BCUT2D eigenvalue weighted by Crippen LogP contribution is 2.23. The number of aromatic nitrogens is 2. The molecular weight excluding hydrogens is 374 g/mol. The van der Waals surface area contributed by atoms with Gasteiger partial charge < -0.3 is 15.5 Å². The maximum absolute atomic E-state index is 12.3. The van der Waals surface area contributed by atoms with E-state index < -0.39 is 0 Å². The van der Waals surface area contributed by atoms with Gasteiger partial charge in [-0.25, -0.2) is 4.79 Å². The second-order valence-corrected chi connectivity index (χ2v) is 7.73. The molecule has 6 heteroatoms. The third-order valence-electron chi connectivity index (χ3n) is 5.62. The third kappa shape index (κ3) is 4.59. The molecule has 1 fully saturated rings. The monoisotopic (exact) mass is 401 g/mol. The average Bonchev–Trinajstić information content (AvgIpc) is 2.78. The maximum atomic E-state index is 12.3. The molecule has 0 aliphatic carbocycles. The first-order valence-corrected chi connectivity index (χ1v) is 10.4. The zero-order valence-electron chi connectivity index (χ0n) is 17.5. The summed E-state index contributed by atoms with van der Waals surface area (Å²) in [7, 11) is 0. The Balaban J connectivity index is 1.39. The molecule has 3 aromatic rings. The number of anilines is 3. The van der Waals surface area contributed by atoms with E-state index in [0.29, 0.717) is 0 Å². The van der Waals surface area contributed by atoms with Gasteiger partial charge in [-0.2, -0.15) is 0 Å². The van der Waals surface area contributed by atoms with Crippen molar-refractivity contribution in [3.05, 3.63) is 65.7 Å². The molecule has 4 rings (SSSR count). The molecule has 1 saturated heterocycles. The zero-order valence-corrected chi connectivity index (χ0v) is 17.5. The smallest absolute Gasteiger partial charge is 0.323 e. The number of benzene rings is 2. The highest BCUT2D eigenvalue weighted by atomic mass is 16.2. The Bertz CT molecular complexity index is 1010. The summed E-state index contributed by atoms with van der Waals surface area (Å²) in [4.78, 5) is 14.6. The van der Waals surface area contributed by atoms with Gasteiger partial charge in [0.25, 0.3) is 0 Å². The van der Waals surface area contributed by atoms with Crippen LogP contribution in [0.1, 0.15) is 30.4 Å². The van der Waals surface area contributed by atoms with Gasteiger partial charge in [-0.05, 0) is 74.6 Å².